The third kappa shape index (κ3) is 2.64. The molecule has 2 aromatic heterocycles. The number of aliphatic hydroxyl groups is 1. The van der Waals surface area contributed by atoms with E-state index in [1.807, 2.05) is 0 Å². The molecule has 0 bridgehead atoms. The summed E-state index contributed by atoms with van der Waals surface area (Å²) < 4.78 is 0. The van der Waals surface area contributed by atoms with E-state index in [0.717, 1.165) is 31.2 Å². The molecule has 1 fully saturated rings. The lowest BCUT2D eigenvalue weighted by Gasteiger charge is -2.22. The van der Waals surface area contributed by atoms with Gasteiger partial charge in [0.2, 0.25) is 5.28 Å². The zero-order valence-electron chi connectivity index (χ0n) is 10.4. The Kier molecular flexibility index (Phi) is 3.52. The Balaban J connectivity index is 1.89. The molecule has 3 rings (SSSR count). The van der Waals surface area contributed by atoms with Crippen molar-refractivity contribution in [3.05, 3.63) is 11.6 Å². The Morgan fingerprint density at radius 3 is 3.00 bits per heavy atom. The van der Waals surface area contributed by atoms with Crippen molar-refractivity contribution in [2.24, 2.45) is 0 Å². The molecule has 0 saturated heterocycles. The molecule has 3 N–H and O–H groups in total. The van der Waals surface area contributed by atoms with Crippen molar-refractivity contribution in [2.45, 2.75) is 44.2 Å². The first-order chi connectivity index (χ1) is 9.24. The van der Waals surface area contributed by atoms with E-state index in [1.165, 1.54) is 6.42 Å². The molecule has 0 spiro atoms. The fourth-order valence-corrected chi connectivity index (χ4v) is 2.71. The smallest absolute Gasteiger partial charge is 0.226 e. The van der Waals surface area contributed by atoms with Gasteiger partial charge in [0.1, 0.15) is 5.52 Å². The van der Waals surface area contributed by atoms with Crippen molar-refractivity contribution in [3.8, 4) is 0 Å². The van der Waals surface area contributed by atoms with E-state index in [2.05, 4.69) is 25.3 Å². The van der Waals surface area contributed by atoms with Gasteiger partial charge in [-0.05, 0) is 24.4 Å². The maximum absolute atomic E-state index is 10.1. The second-order valence-electron chi connectivity index (χ2n) is 4.90. The first-order valence-electron chi connectivity index (χ1n) is 6.55. The second-order valence-corrected chi connectivity index (χ2v) is 5.24. The lowest BCUT2D eigenvalue weighted by molar-refractivity contribution is 0.144. The summed E-state index contributed by atoms with van der Waals surface area (Å²) in [5.74, 6) is 0.610. The summed E-state index contributed by atoms with van der Waals surface area (Å²) in [6.45, 7) is 0. The number of fused-ring (bicyclic) bond motifs is 1. The monoisotopic (exact) mass is 281 g/mol. The average molecular weight is 282 g/mol. The second kappa shape index (κ2) is 5.30. The highest BCUT2D eigenvalue weighted by Gasteiger charge is 2.23. The molecular formula is C12H16ClN5O. The summed E-state index contributed by atoms with van der Waals surface area (Å²) in [6, 6.07) is -0.0000309. The van der Waals surface area contributed by atoms with Crippen LogP contribution in [0.1, 0.15) is 32.1 Å². The van der Waals surface area contributed by atoms with Crippen LogP contribution in [0.5, 0.6) is 0 Å². The first-order valence-corrected chi connectivity index (χ1v) is 6.93. The third-order valence-electron chi connectivity index (χ3n) is 3.56. The van der Waals surface area contributed by atoms with Crippen LogP contribution in [0.25, 0.3) is 11.2 Å². The highest BCUT2D eigenvalue weighted by Crippen LogP contribution is 2.24. The molecule has 2 unspecified atom stereocenters. The first kappa shape index (κ1) is 12.6. The normalized spacial score (nSPS) is 24.3. The number of aliphatic hydroxyl groups excluding tert-OH is 1. The quantitative estimate of drug-likeness (QED) is 0.580. The van der Waals surface area contributed by atoms with Gasteiger partial charge >= 0.3 is 0 Å². The number of hydrogen-bond donors (Lipinski definition) is 3. The van der Waals surface area contributed by atoms with Crippen molar-refractivity contribution < 1.29 is 5.11 Å². The molecule has 0 aromatic carbocycles. The predicted octanol–water partition coefficient (Wildman–Crippen LogP) is 2.11. The minimum absolute atomic E-state index is 0.0000309. The standard InChI is InChI=1S/C12H16ClN5O/c13-12-17-10-9(14-6-15-10)11(18-12)16-7-4-2-1-3-5-8(7)19/h6-8,19H,1-5H2,(H2,14,15,16,17,18). The highest BCUT2D eigenvalue weighted by atomic mass is 35.5. The number of imidazole rings is 1. The van der Waals surface area contributed by atoms with E-state index in [-0.39, 0.29) is 17.4 Å². The Labute approximate surface area is 115 Å². The highest BCUT2D eigenvalue weighted by molar-refractivity contribution is 6.28. The molecular weight excluding hydrogens is 266 g/mol. The van der Waals surface area contributed by atoms with Gasteiger partial charge in [-0.15, -0.1) is 0 Å². The average Bonchev–Trinajstić information content (AvgIpc) is 2.75. The zero-order chi connectivity index (χ0) is 13.2. The Hall–Kier alpha value is -1.40. The number of halogens is 1. The molecule has 19 heavy (non-hydrogen) atoms. The van der Waals surface area contributed by atoms with Crippen LogP contribution in [0.4, 0.5) is 5.82 Å². The van der Waals surface area contributed by atoms with Crippen LogP contribution in [-0.4, -0.2) is 37.2 Å². The van der Waals surface area contributed by atoms with Gasteiger partial charge in [-0.3, -0.25) is 0 Å². The van der Waals surface area contributed by atoms with Gasteiger partial charge < -0.3 is 15.4 Å². The van der Waals surface area contributed by atoms with Gasteiger partial charge in [0.25, 0.3) is 0 Å². The Bertz CT molecular complexity index is 572. The molecule has 1 saturated carbocycles. The van der Waals surface area contributed by atoms with Crippen molar-refractivity contribution in [2.75, 3.05) is 5.32 Å². The number of aromatic nitrogens is 4. The van der Waals surface area contributed by atoms with Gasteiger partial charge in [-0.1, -0.05) is 19.3 Å². The van der Waals surface area contributed by atoms with Gasteiger partial charge in [-0.2, -0.15) is 9.97 Å². The van der Waals surface area contributed by atoms with E-state index < -0.39 is 0 Å². The largest absolute Gasteiger partial charge is 0.391 e. The van der Waals surface area contributed by atoms with Crippen LogP contribution in [0.15, 0.2) is 6.33 Å². The summed E-state index contributed by atoms with van der Waals surface area (Å²) in [6.07, 6.45) is 6.31. The number of anilines is 1. The van der Waals surface area contributed by atoms with Gasteiger partial charge in [0.15, 0.2) is 11.5 Å². The molecule has 0 amide bonds. The topological polar surface area (TPSA) is 86.7 Å². The minimum atomic E-state index is -0.353. The minimum Gasteiger partial charge on any atom is -0.391 e. The van der Waals surface area contributed by atoms with E-state index in [1.54, 1.807) is 6.33 Å². The maximum Gasteiger partial charge on any atom is 0.226 e. The third-order valence-corrected chi connectivity index (χ3v) is 3.73. The zero-order valence-corrected chi connectivity index (χ0v) is 11.2. The van der Waals surface area contributed by atoms with Crippen molar-refractivity contribution >= 4 is 28.6 Å². The Morgan fingerprint density at radius 1 is 1.26 bits per heavy atom. The van der Waals surface area contributed by atoms with Crippen LogP contribution in [-0.2, 0) is 0 Å². The SMILES string of the molecule is OC1CCCCCC1Nc1nc(Cl)nc2nc[nH]c12. The van der Waals surface area contributed by atoms with Crippen LogP contribution < -0.4 is 5.32 Å². The van der Waals surface area contributed by atoms with Gasteiger partial charge in [0.05, 0.1) is 18.5 Å². The number of aromatic amines is 1. The summed E-state index contributed by atoms with van der Waals surface area (Å²) in [7, 11) is 0. The van der Waals surface area contributed by atoms with Gasteiger partial charge in [0, 0.05) is 0 Å². The Morgan fingerprint density at radius 2 is 2.11 bits per heavy atom. The molecule has 6 nitrogen and oxygen atoms in total. The number of nitrogens with zero attached hydrogens (tertiary/aromatic N) is 3. The predicted molar refractivity (Wildman–Crippen MR) is 73.2 cm³/mol. The van der Waals surface area contributed by atoms with Gasteiger partial charge in [-0.25, -0.2) is 4.98 Å². The fourth-order valence-electron chi connectivity index (χ4n) is 2.54. The number of hydrogen-bond acceptors (Lipinski definition) is 5. The maximum atomic E-state index is 10.1. The van der Waals surface area contributed by atoms with E-state index in [9.17, 15) is 5.11 Å². The number of rotatable bonds is 2. The molecule has 2 atom stereocenters. The summed E-state index contributed by atoms with van der Waals surface area (Å²) in [4.78, 5) is 15.3. The molecule has 0 radical (unpaired) electrons. The molecule has 7 heteroatoms. The number of nitrogens with one attached hydrogen (secondary N) is 2. The van der Waals surface area contributed by atoms with E-state index in [0.29, 0.717) is 11.5 Å². The van der Waals surface area contributed by atoms with Crippen LogP contribution in [0.3, 0.4) is 0 Å². The molecule has 2 aromatic rings. The van der Waals surface area contributed by atoms with Crippen LogP contribution in [0.2, 0.25) is 5.28 Å². The molecule has 0 aliphatic heterocycles. The summed E-state index contributed by atoms with van der Waals surface area (Å²) in [5.41, 5.74) is 1.26. The number of H-pyrrole nitrogens is 1. The fraction of sp³-hybridized carbons (Fsp3) is 0.583. The molecule has 1 aliphatic rings. The van der Waals surface area contributed by atoms with Crippen molar-refractivity contribution in [3.63, 3.8) is 0 Å². The summed E-state index contributed by atoms with van der Waals surface area (Å²) >= 11 is 5.89. The van der Waals surface area contributed by atoms with Crippen LogP contribution >= 0.6 is 11.6 Å². The van der Waals surface area contributed by atoms with E-state index >= 15 is 0 Å². The van der Waals surface area contributed by atoms with Crippen molar-refractivity contribution in [1.82, 2.24) is 19.9 Å². The van der Waals surface area contributed by atoms with Crippen molar-refractivity contribution in [1.29, 1.82) is 0 Å². The molecule has 1 aliphatic carbocycles. The summed E-state index contributed by atoms with van der Waals surface area (Å²) in [5, 5.41) is 13.6. The molecule has 102 valence electrons. The lowest BCUT2D eigenvalue weighted by atomic mass is 10.1. The van der Waals surface area contributed by atoms with E-state index in [4.69, 9.17) is 11.6 Å². The van der Waals surface area contributed by atoms with Crippen LogP contribution in [0, 0.1) is 0 Å². The molecule has 2 heterocycles. The lowest BCUT2D eigenvalue weighted by Crippen LogP contribution is -2.32.